The normalized spacial score (nSPS) is 11.4. The maximum absolute atomic E-state index is 5.78. The molecule has 0 aliphatic carbocycles. The molecule has 0 saturated carbocycles. The quantitative estimate of drug-likeness (QED) is 0.734. The zero-order chi connectivity index (χ0) is 10.3. The number of hydrogen-bond acceptors (Lipinski definition) is 3. The predicted molar refractivity (Wildman–Crippen MR) is 56.5 cm³/mol. The lowest BCUT2D eigenvalue weighted by Crippen LogP contribution is -2.05. The zero-order valence-corrected chi connectivity index (χ0v) is 8.78. The largest absolute Gasteiger partial charge is 0.369 e. The predicted octanol–water partition coefficient (Wildman–Crippen LogP) is 2.09. The lowest BCUT2D eigenvalue weighted by Gasteiger charge is -2.06. The first-order valence-corrected chi connectivity index (χ1v) is 4.76. The van der Waals surface area contributed by atoms with E-state index in [4.69, 9.17) is 17.3 Å². The van der Waals surface area contributed by atoms with E-state index in [1.54, 1.807) is 12.3 Å². The first-order chi connectivity index (χ1) is 6.59. The van der Waals surface area contributed by atoms with Crippen LogP contribution in [0.4, 0.5) is 5.95 Å². The van der Waals surface area contributed by atoms with E-state index < -0.39 is 0 Å². The Morgan fingerprint density at radius 2 is 2.21 bits per heavy atom. The van der Waals surface area contributed by atoms with Gasteiger partial charge in [-0.25, -0.2) is 9.97 Å². The van der Waals surface area contributed by atoms with Crippen molar-refractivity contribution in [3.05, 3.63) is 23.2 Å². The molecule has 0 aromatic carbocycles. The van der Waals surface area contributed by atoms with Gasteiger partial charge in [-0.05, 0) is 0 Å². The van der Waals surface area contributed by atoms with Crippen LogP contribution in [0, 0.1) is 0 Å². The minimum absolute atomic E-state index is 0.308. The van der Waals surface area contributed by atoms with E-state index in [-0.39, 0.29) is 0 Å². The van der Waals surface area contributed by atoms with Crippen molar-refractivity contribution < 1.29 is 0 Å². The van der Waals surface area contributed by atoms with Gasteiger partial charge in [-0.15, -0.1) is 0 Å². The van der Waals surface area contributed by atoms with Crippen molar-refractivity contribution in [2.24, 2.45) is 0 Å². The van der Waals surface area contributed by atoms with Crippen LogP contribution in [0.5, 0.6) is 0 Å². The third kappa shape index (κ3) is 1.32. The molecule has 0 aliphatic rings. The van der Waals surface area contributed by atoms with Gasteiger partial charge >= 0.3 is 0 Å². The second-order valence-electron chi connectivity index (χ2n) is 3.47. The van der Waals surface area contributed by atoms with E-state index in [9.17, 15) is 0 Å². The molecule has 0 amide bonds. The maximum Gasteiger partial charge on any atom is 0.207 e. The topological polar surface area (TPSA) is 56.2 Å². The number of hydrogen-bond donors (Lipinski definition) is 1. The van der Waals surface area contributed by atoms with E-state index in [1.165, 1.54) is 0 Å². The Morgan fingerprint density at radius 3 is 2.86 bits per heavy atom. The number of imidazole rings is 1. The second-order valence-corrected chi connectivity index (χ2v) is 3.86. The summed E-state index contributed by atoms with van der Waals surface area (Å²) in [6.45, 7) is 4.12. The average molecular weight is 211 g/mol. The first kappa shape index (κ1) is 9.27. The van der Waals surface area contributed by atoms with Gasteiger partial charge < -0.3 is 5.73 Å². The van der Waals surface area contributed by atoms with Gasteiger partial charge in [0.25, 0.3) is 0 Å². The van der Waals surface area contributed by atoms with Gasteiger partial charge in [-0.2, -0.15) is 0 Å². The third-order valence-electron chi connectivity index (χ3n) is 2.05. The summed E-state index contributed by atoms with van der Waals surface area (Å²) in [5, 5.41) is 0.394. The van der Waals surface area contributed by atoms with Crippen LogP contribution < -0.4 is 5.73 Å². The van der Waals surface area contributed by atoms with Crippen molar-refractivity contribution in [3.63, 3.8) is 0 Å². The highest BCUT2D eigenvalue weighted by Crippen LogP contribution is 2.20. The van der Waals surface area contributed by atoms with Gasteiger partial charge in [0.05, 0.1) is 11.7 Å². The molecule has 4 nitrogen and oxygen atoms in total. The lowest BCUT2D eigenvalue weighted by atomic mass is 10.2. The number of nitrogens with zero attached hydrogens (tertiary/aromatic N) is 3. The summed E-state index contributed by atoms with van der Waals surface area (Å²) in [5.74, 6) is 1.60. The number of nitrogens with two attached hydrogens (primary N) is 1. The van der Waals surface area contributed by atoms with Crippen LogP contribution in [0.25, 0.3) is 5.52 Å². The van der Waals surface area contributed by atoms with Gasteiger partial charge in [0, 0.05) is 12.0 Å². The molecule has 0 saturated heterocycles. The average Bonchev–Trinajstić information content (AvgIpc) is 2.47. The van der Waals surface area contributed by atoms with Crippen molar-refractivity contribution >= 4 is 23.1 Å². The van der Waals surface area contributed by atoms with E-state index in [0.717, 1.165) is 11.3 Å². The Bertz CT molecular complexity index is 475. The molecule has 2 rings (SSSR count). The van der Waals surface area contributed by atoms with Crippen molar-refractivity contribution in [2.45, 2.75) is 19.8 Å². The van der Waals surface area contributed by atoms with Crippen LogP contribution in [0.2, 0.25) is 5.15 Å². The fraction of sp³-hybridized carbons (Fsp3) is 0.333. The summed E-state index contributed by atoms with van der Waals surface area (Å²) in [6.07, 6.45) is 1.75. The number of rotatable bonds is 1. The number of halogens is 1. The number of fused-ring (bicyclic) bond motifs is 1. The molecule has 2 aromatic heterocycles. The summed E-state index contributed by atoms with van der Waals surface area (Å²) >= 11 is 5.78. The Kier molecular flexibility index (Phi) is 2.07. The molecule has 0 spiro atoms. The molecule has 0 bridgehead atoms. The molecule has 14 heavy (non-hydrogen) atoms. The zero-order valence-electron chi connectivity index (χ0n) is 8.03. The van der Waals surface area contributed by atoms with Gasteiger partial charge in [0.2, 0.25) is 5.95 Å². The summed E-state index contributed by atoms with van der Waals surface area (Å²) < 4.78 is 1.82. The maximum atomic E-state index is 5.78. The van der Waals surface area contributed by atoms with Crippen LogP contribution in [-0.2, 0) is 0 Å². The van der Waals surface area contributed by atoms with Crippen LogP contribution >= 0.6 is 11.6 Å². The molecule has 0 unspecified atom stereocenters. The summed E-state index contributed by atoms with van der Waals surface area (Å²) in [6, 6.07) is 1.75. The van der Waals surface area contributed by atoms with Crippen LogP contribution in [0.3, 0.4) is 0 Å². The van der Waals surface area contributed by atoms with Crippen LogP contribution in [0.1, 0.15) is 25.6 Å². The first-order valence-electron chi connectivity index (χ1n) is 4.39. The molecule has 2 N–H and O–H groups in total. The lowest BCUT2D eigenvalue weighted by molar-refractivity contribution is 0.769. The smallest absolute Gasteiger partial charge is 0.207 e. The monoisotopic (exact) mass is 210 g/mol. The minimum atomic E-state index is 0.308. The van der Waals surface area contributed by atoms with Crippen molar-refractivity contribution in [1.29, 1.82) is 0 Å². The van der Waals surface area contributed by atoms with Crippen molar-refractivity contribution in [3.8, 4) is 0 Å². The highest BCUT2D eigenvalue weighted by atomic mass is 35.5. The van der Waals surface area contributed by atoms with Crippen LogP contribution in [-0.4, -0.2) is 14.4 Å². The number of anilines is 1. The summed E-state index contributed by atoms with van der Waals surface area (Å²) in [4.78, 5) is 8.26. The molecule has 0 radical (unpaired) electrons. The second kappa shape index (κ2) is 3.13. The Morgan fingerprint density at radius 1 is 1.50 bits per heavy atom. The Labute approximate surface area is 86.7 Å². The number of aromatic nitrogens is 3. The highest BCUT2D eigenvalue weighted by Gasteiger charge is 2.10. The van der Waals surface area contributed by atoms with E-state index in [1.807, 2.05) is 4.40 Å². The molecule has 2 heterocycles. The summed E-state index contributed by atoms with van der Waals surface area (Å²) in [5.41, 5.74) is 6.65. The van der Waals surface area contributed by atoms with E-state index in [2.05, 4.69) is 23.8 Å². The van der Waals surface area contributed by atoms with Crippen LogP contribution in [0.15, 0.2) is 12.3 Å². The highest BCUT2D eigenvalue weighted by molar-refractivity contribution is 6.29. The minimum Gasteiger partial charge on any atom is -0.369 e. The number of nitrogen functional groups attached to an aromatic ring is 1. The summed E-state index contributed by atoms with van der Waals surface area (Å²) in [7, 11) is 0. The molecule has 0 atom stereocenters. The van der Waals surface area contributed by atoms with Crippen molar-refractivity contribution in [1.82, 2.24) is 14.4 Å². The van der Waals surface area contributed by atoms with Crippen molar-refractivity contribution in [2.75, 3.05) is 5.73 Å². The third-order valence-corrected chi connectivity index (χ3v) is 2.24. The Balaban J connectivity index is 2.79. The molecular formula is C9H11ClN4. The molecule has 0 fully saturated rings. The van der Waals surface area contributed by atoms with Gasteiger partial charge in [-0.3, -0.25) is 4.40 Å². The molecule has 2 aromatic rings. The molecular weight excluding hydrogens is 200 g/mol. The van der Waals surface area contributed by atoms with Gasteiger partial charge in [-0.1, -0.05) is 25.4 Å². The van der Waals surface area contributed by atoms with Gasteiger partial charge in [0.1, 0.15) is 11.0 Å². The standard InChI is InChI=1S/C9H11ClN4/c1-5(2)8-12-4-6-3-7(10)13-9(11)14(6)8/h3-5H,1-2H3,(H2,11,13). The fourth-order valence-electron chi connectivity index (χ4n) is 1.45. The molecule has 74 valence electrons. The van der Waals surface area contributed by atoms with E-state index in [0.29, 0.717) is 17.0 Å². The van der Waals surface area contributed by atoms with Gasteiger partial charge in [0.15, 0.2) is 0 Å². The Hall–Kier alpha value is -1.29. The fourth-order valence-corrected chi connectivity index (χ4v) is 1.65. The molecule has 0 aliphatic heterocycles. The SMILES string of the molecule is CC(C)c1ncc2cc(Cl)nc(N)n12. The van der Waals surface area contributed by atoms with E-state index >= 15 is 0 Å². The molecule has 5 heteroatoms.